The third-order valence-corrected chi connectivity index (χ3v) is 3.36. The maximum atomic E-state index is 13.0. The third-order valence-electron chi connectivity index (χ3n) is 3.36. The average molecular weight is 308 g/mol. The minimum atomic E-state index is -4.58. The molecule has 0 saturated heterocycles. The number of carbonyl (C=O) groups excluding carboxylic acids is 1. The van der Waals surface area contributed by atoms with Gasteiger partial charge in [0.25, 0.3) is 0 Å². The molecule has 114 valence electrons. The fourth-order valence-electron chi connectivity index (χ4n) is 2.31. The maximum absolute atomic E-state index is 13.0. The van der Waals surface area contributed by atoms with Crippen molar-refractivity contribution in [2.45, 2.75) is 6.18 Å². The Morgan fingerprint density at radius 3 is 2.23 bits per heavy atom. The maximum Gasteiger partial charge on any atom is 0.417 e. The highest BCUT2D eigenvalue weighted by Crippen LogP contribution is 2.37. The molecule has 2 aromatic carbocycles. The molecule has 0 spiro atoms. The second kappa shape index (κ2) is 5.36. The molecule has 0 fully saturated rings. The average Bonchev–Trinajstić information content (AvgIpc) is 2.53. The number of carbonyl (C=O) groups is 1. The normalized spacial score (nSPS) is 13.8. The minimum absolute atomic E-state index is 0.205. The number of fused-ring (bicyclic) bond motifs is 1. The van der Waals surface area contributed by atoms with E-state index in [-0.39, 0.29) is 11.8 Å². The number of alkyl halides is 3. The van der Waals surface area contributed by atoms with Gasteiger partial charge in [-0.3, -0.25) is 4.79 Å². The zero-order valence-electron chi connectivity index (χ0n) is 11.3. The highest BCUT2D eigenvalue weighted by Gasteiger charge is 2.33. The van der Waals surface area contributed by atoms with E-state index in [1.807, 2.05) is 0 Å². The van der Waals surface area contributed by atoms with Gasteiger partial charge >= 0.3 is 6.18 Å². The van der Waals surface area contributed by atoms with Gasteiger partial charge in [0.15, 0.2) is 17.8 Å². The van der Waals surface area contributed by atoms with Gasteiger partial charge in [0, 0.05) is 5.56 Å². The highest BCUT2D eigenvalue weighted by atomic mass is 19.4. The largest absolute Gasteiger partial charge is 0.486 e. The van der Waals surface area contributed by atoms with E-state index in [9.17, 15) is 18.0 Å². The van der Waals surface area contributed by atoms with Crippen LogP contribution in [0.1, 0.15) is 15.9 Å². The molecular formula is C16H11F3O3. The summed E-state index contributed by atoms with van der Waals surface area (Å²) in [4.78, 5) is 10.8. The fourth-order valence-corrected chi connectivity index (χ4v) is 2.31. The molecule has 0 aliphatic carbocycles. The number of rotatable bonds is 2. The first-order valence-electron chi connectivity index (χ1n) is 6.55. The summed E-state index contributed by atoms with van der Waals surface area (Å²) in [6.07, 6.45) is -4.38. The Hall–Kier alpha value is -2.50. The molecule has 22 heavy (non-hydrogen) atoms. The lowest BCUT2D eigenvalue weighted by molar-refractivity contribution is -0.137. The smallest absolute Gasteiger partial charge is 0.417 e. The number of benzene rings is 2. The highest BCUT2D eigenvalue weighted by molar-refractivity contribution is 5.80. The van der Waals surface area contributed by atoms with Crippen molar-refractivity contribution >= 4 is 6.29 Å². The Kier molecular flexibility index (Phi) is 3.52. The summed E-state index contributed by atoms with van der Waals surface area (Å²) < 4.78 is 49.8. The number of ether oxygens (including phenoxy) is 2. The van der Waals surface area contributed by atoms with Crippen LogP contribution >= 0.6 is 0 Å². The van der Waals surface area contributed by atoms with Gasteiger partial charge < -0.3 is 9.47 Å². The van der Waals surface area contributed by atoms with Crippen molar-refractivity contribution in [3.05, 3.63) is 47.5 Å². The van der Waals surface area contributed by atoms with Gasteiger partial charge in [-0.1, -0.05) is 18.2 Å². The van der Waals surface area contributed by atoms with Crippen LogP contribution in [-0.4, -0.2) is 19.5 Å². The predicted molar refractivity (Wildman–Crippen MR) is 73.3 cm³/mol. The minimum Gasteiger partial charge on any atom is -0.486 e. The first-order valence-corrected chi connectivity index (χ1v) is 6.55. The molecule has 1 aliphatic rings. The van der Waals surface area contributed by atoms with Crippen molar-refractivity contribution < 1.29 is 27.4 Å². The standard InChI is InChI=1S/C16H11F3O3/c17-16(18,19)13-7-10(1-2-12(13)9-20)11-3-4-14-15(8-11)22-6-5-21-14/h1-4,7-9H,5-6H2. The van der Waals surface area contributed by atoms with Crippen LogP contribution in [0.3, 0.4) is 0 Å². The fraction of sp³-hybridized carbons (Fsp3) is 0.188. The molecule has 1 aliphatic heterocycles. The number of aldehydes is 1. The topological polar surface area (TPSA) is 35.5 Å². The summed E-state index contributed by atoms with van der Waals surface area (Å²) in [5.41, 5.74) is -0.411. The van der Waals surface area contributed by atoms with Gasteiger partial charge in [-0.05, 0) is 29.3 Å². The third kappa shape index (κ3) is 2.64. The monoisotopic (exact) mass is 308 g/mol. The molecule has 0 bridgehead atoms. The molecule has 0 unspecified atom stereocenters. The molecule has 6 heteroatoms. The first-order chi connectivity index (χ1) is 10.5. The molecule has 0 N–H and O–H groups in total. The number of hydrogen-bond acceptors (Lipinski definition) is 3. The molecular weight excluding hydrogens is 297 g/mol. The lowest BCUT2D eigenvalue weighted by Crippen LogP contribution is -2.15. The molecule has 0 radical (unpaired) electrons. The molecule has 3 rings (SSSR count). The van der Waals surface area contributed by atoms with Crippen LogP contribution in [0.15, 0.2) is 36.4 Å². The van der Waals surface area contributed by atoms with Gasteiger partial charge in [-0.15, -0.1) is 0 Å². The van der Waals surface area contributed by atoms with E-state index in [2.05, 4.69) is 0 Å². The van der Waals surface area contributed by atoms with Gasteiger partial charge in [0.2, 0.25) is 0 Å². The van der Waals surface area contributed by atoms with E-state index in [0.717, 1.165) is 6.07 Å². The molecule has 0 amide bonds. The van der Waals surface area contributed by atoms with Gasteiger partial charge in [0.05, 0.1) is 5.56 Å². The van der Waals surface area contributed by atoms with Crippen LogP contribution in [-0.2, 0) is 6.18 Å². The van der Waals surface area contributed by atoms with Crippen molar-refractivity contribution in [3.8, 4) is 22.6 Å². The van der Waals surface area contributed by atoms with Gasteiger partial charge in [-0.25, -0.2) is 0 Å². The van der Waals surface area contributed by atoms with E-state index in [0.29, 0.717) is 35.8 Å². The molecule has 0 aromatic heterocycles. The Bertz CT molecular complexity index is 723. The summed E-state index contributed by atoms with van der Waals surface area (Å²) in [5.74, 6) is 1.06. The number of hydrogen-bond donors (Lipinski definition) is 0. The summed E-state index contributed by atoms with van der Waals surface area (Å²) >= 11 is 0. The molecule has 3 nitrogen and oxygen atoms in total. The van der Waals surface area contributed by atoms with Gasteiger partial charge in [0.1, 0.15) is 13.2 Å². The molecule has 0 saturated carbocycles. The SMILES string of the molecule is O=Cc1ccc(-c2ccc3c(c2)OCCO3)cc1C(F)(F)F. The van der Waals surface area contributed by atoms with Crippen molar-refractivity contribution in [1.82, 2.24) is 0 Å². The molecule has 1 heterocycles. The Labute approximate surface area is 124 Å². The molecule has 2 aromatic rings. The van der Waals surface area contributed by atoms with E-state index < -0.39 is 11.7 Å². The predicted octanol–water partition coefficient (Wildman–Crippen LogP) is 3.96. The van der Waals surface area contributed by atoms with E-state index in [1.165, 1.54) is 12.1 Å². The van der Waals surface area contributed by atoms with Crippen LogP contribution in [0.25, 0.3) is 11.1 Å². The second-order valence-corrected chi connectivity index (χ2v) is 4.78. The van der Waals surface area contributed by atoms with Crippen molar-refractivity contribution in [2.75, 3.05) is 13.2 Å². The quantitative estimate of drug-likeness (QED) is 0.788. The van der Waals surface area contributed by atoms with E-state index in [1.54, 1.807) is 18.2 Å². The van der Waals surface area contributed by atoms with E-state index in [4.69, 9.17) is 9.47 Å². The summed E-state index contributed by atoms with van der Waals surface area (Å²) in [5, 5.41) is 0. The Morgan fingerprint density at radius 1 is 0.909 bits per heavy atom. The van der Waals surface area contributed by atoms with Crippen molar-refractivity contribution in [3.63, 3.8) is 0 Å². The summed E-state index contributed by atoms with van der Waals surface area (Å²) in [7, 11) is 0. The van der Waals surface area contributed by atoms with Crippen molar-refractivity contribution in [2.24, 2.45) is 0 Å². The zero-order chi connectivity index (χ0) is 15.7. The Balaban J connectivity index is 2.07. The Morgan fingerprint density at radius 2 is 1.55 bits per heavy atom. The van der Waals surface area contributed by atoms with Gasteiger partial charge in [-0.2, -0.15) is 13.2 Å². The van der Waals surface area contributed by atoms with Crippen LogP contribution < -0.4 is 9.47 Å². The molecule has 0 atom stereocenters. The van der Waals surface area contributed by atoms with Crippen molar-refractivity contribution in [1.29, 1.82) is 0 Å². The zero-order valence-corrected chi connectivity index (χ0v) is 11.3. The van der Waals surface area contributed by atoms with Crippen LogP contribution in [0.4, 0.5) is 13.2 Å². The second-order valence-electron chi connectivity index (χ2n) is 4.78. The first kappa shape index (κ1) is 14.4. The van der Waals surface area contributed by atoms with E-state index >= 15 is 0 Å². The van der Waals surface area contributed by atoms with Crippen LogP contribution in [0.5, 0.6) is 11.5 Å². The van der Waals surface area contributed by atoms with Crippen LogP contribution in [0.2, 0.25) is 0 Å². The van der Waals surface area contributed by atoms with Crippen LogP contribution in [0, 0.1) is 0 Å². The lowest BCUT2D eigenvalue weighted by atomic mass is 9.99. The number of halogens is 3. The summed E-state index contributed by atoms with van der Waals surface area (Å²) in [6, 6.07) is 8.56. The lowest BCUT2D eigenvalue weighted by Gasteiger charge is -2.19. The summed E-state index contributed by atoms with van der Waals surface area (Å²) in [6.45, 7) is 0.840.